The second kappa shape index (κ2) is 13.6. The predicted octanol–water partition coefficient (Wildman–Crippen LogP) is 6.67. The van der Waals surface area contributed by atoms with Crippen molar-refractivity contribution in [3.8, 4) is 11.5 Å². The first-order valence-corrected chi connectivity index (χ1v) is 15.5. The van der Waals surface area contributed by atoms with Gasteiger partial charge in [-0.3, -0.25) is 4.79 Å². The zero-order valence-electron chi connectivity index (χ0n) is 24.3. The van der Waals surface area contributed by atoms with E-state index in [1.165, 1.54) is 30.7 Å². The summed E-state index contributed by atoms with van der Waals surface area (Å²) < 4.78 is 68.5. The standard InChI is InChI=1S/C32H29ClF2N4O5S/c1-43-25-11-7-21(8-12-25)18-38(19-22-9-13-26(44-2)14-10-22)45(41,42)30-17-24(16-29-27(30)20-39(37-29)32(34)35)36-31(40)15-23-5-3-4-6-28(23)33/h3-14,16-17,20,32H,15,18-19H2,1-2H3,(H,36,40). The highest BCUT2D eigenvalue weighted by Gasteiger charge is 2.29. The number of halogens is 3. The Morgan fingerprint density at radius 3 is 2.04 bits per heavy atom. The third-order valence-electron chi connectivity index (χ3n) is 7.05. The molecule has 4 aromatic carbocycles. The Bertz CT molecular complexity index is 1870. The zero-order chi connectivity index (χ0) is 32.1. The molecule has 0 bridgehead atoms. The summed E-state index contributed by atoms with van der Waals surface area (Å²) in [5.41, 5.74) is 1.94. The molecule has 0 spiro atoms. The van der Waals surface area contributed by atoms with Gasteiger partial charge < -0.3 is 14.8 Å². The Labute approximate surface area is 264 Å². The van der Waals surface area contributed by atoms with Crippen molar-refractivity contribution in [2.75, 3.05) is 19.5 Å². The second-order valence-corrected chi connectivity index (χ2v) is 12.4. The second-order valence-electron chi connectivity index (χ2n) is 10.1. The number of nitrogens with one attached hydrogen (secondary N) is 1. The first kappa shape index (κ1) is 31.9. The van der Waals surface area contributed by atoms with Gasteiger partial charge in [0.05, 0.1) is 31.1 Å². The van der Waals surface area contributed by atoms with Crippen molar-refractivity contribution in [2.24, 2.45) is 0 Å². The Kier molecular flexibility index (Phi) is 9.66. The maximum atomic E-state index is 14.5. The van der Waals surface area contributed by atoms with Crippen LogP contribution < -0.4 is 14.8 Å². The Morgan fingerprint density at radius 1 is 0.933 bits per heavy atom. The van der Waals surface area contributed by atoms with Crippen LogP contribution in [0.3, 0.4) is 0 Å². The first-order valence-electron chi connectivity index (χ1n) is 13.7. The number of sulfonamides is 1. The molecule has 0 atom stereocenters. The van der Waals surface area contributed by atoms with Crippen LogP contribution in [-0.2, 0) is 34.3 Å². The molecule has 234 valence electrons. The minimum absolute atomic E-state index is 0.0196. The van der Waals surface area contributed by atoms with E-state index in [0.717, 1.165) is 6.20 Å². The van der Waals surface area contributed by atoms with Crippen molar-refractivity contribution in [3.63, 3.8) is 0 Å². The smallest absolute Gasteiger partial charge is 0.333 e. The number of alkyl halides is 2. The molecule has 0 radical (unpaired) electrons. The number of nitrogens with zero attached hydrogens (tertiary/aromatic N) is 3. The van der Waals surface area contributed by atoms with Gasteiger partial charge in [-0.2, -0.15) is 18.2 Å². The fraction of sp³-hybridized carbons (Fsp3) is 0.188. The SMILES string of the molecule is COc1ccc(CN(Cc2ccc(OC)cc2)S(=O)(=O)c2cc(NC(=O)Cc3ccccc3Cl)cc3nn(C(F)F)cc23)cc1. The van der Waals surface area contributed by atoms with E-state index >= 15 is 0 Å². The number of carbonyl (C=O) groups excluding carboxylic acids is 1. The van der Waals surface area contributed by atoms with E-state index in [1.54, 1.807) is 72.8 Å². The third kappa shape index (κ3) is 7.42. The number of carbonyl (C=O) groups is 1. The maximum Gasteiger partial charge on any atom is 0.333 e. The highest BCUT2D eigenvalue weighted by molar-refractivity contribution is 7.89. The summed E-state index contributed by atoms with van der Waals surface area (Å²) >= 11 is 6.21. The third-order valence-corrected chi connectivity index (χ3v) is 9.25. The van der Waals surface area contributed by atoms with Crippen LogP contribution in [0.15, 0.2) is 96.0 Å². The number of methoxy groups -OCH3 is 2. The number of ether oxygens (including phenoxy) is 2. The molecule has 0 saturated heterocycles. The van der Waals surface area contributed by atoms with Crippen LogP contribution in [0.5, 0.6) is 11.5 Å². The molecule has 1 aromatic heterocycles. The van der Waals surface area contributed by atoms with Gasteiger partial charge in [0.15, 0.2) is 0 Å². The highest BCUT2D eigenvalue weighted by Crippen LogP contribution is 2.32. The van der Waals surface area contributed by atoms with E-state index < -0.39 is 22.5 Å². The summed E-state index contributed by atoms with van der Waals surface area (Å²) in [7, 11) is -1.33. The molecule has 1 heterocycles. The number of hydrogen-bond acceptors (Lipinski definition) is 6. The molecule has 0 saturated carbocycles. The molecule has 0 aliphatic carbocycles. The van der Waals surface area contributed by atoms with Crippen LogP contribution in [0.1, 0.15) is 23.2 Å². The summed E-state index contributed by atoms with van der Waals surface area (Å²) in [5, 5.41) is 6.96. The molecule has 0 unspecified atom stereocenters. The van der Waals surface area contributed by atoms with Gasteiger partial charge >= 0.3 is 6.55 Å². The minimum Gasteiger partial charge on any atom is -0.497 e. The first-order chi connectivity index (χ1) is 21.6. The largest absolute Gasteiger partial charge is 0.497 e. The maximum absolute atomic E-state index is 14.5. The van der Waals surface area contributed by atoms with Crippen LogP contribution in [0, 0.1) is 0 Å². The number of benzene rings is 4. The number of fused-ring (bicyclic) bond motifs is 1. The van der Waals surface area contributed by atoms with E-state index in [9.17, 15) is 22.0 Å². The zero-order valence-corrected chi connectivity index (χ0v) is 25.9. The van der Waals surface area contributed by atoms with Crippen molar-refractivity contribution in [1.82, 2.24) is 14.1 Å². The van der Waals surface area contributed by atoms with Gasteiger partial charge in [-0.25, -0.2) is 13.1 Å². The summed E-state index contributed by atoms with van der Waals surface area (Å²) in [6.45, 7) is -3.11. The number of rotatable bonds is 12. The molecule has 13 heteroatoms. The molecular formula is C32H29ClF2N4O5S. The van der Waals surface area contributed by atoms with E-state index in [2.05, 4.69) is 10.4 Å². The van der Waals surface area contributed by atoms with Crippen LogP contribution in [0.4, 0.5) is 14.5 Å². The van der Waals surface area contributed by atoms with Gasteiger partial charge in [-0.05, 0) is 59.2 Å². The summed E-state index contributed by atoms with van der Waals surface area (Å²) in [6.07, 6.45) is 0.896. The topological polar surface area (TPSA) is 103 Å². The van der Waals surface area contributed by atoms with Crippen molar-refractivity contribution in [2.45, 2.75) is 31.0 Å². The van der Waals surface area contributed by atoms with Gasteiger partial charge in [0.2, 0.25) is 15.9 Å². The molecule has 45 heavy (non-hydrogen) atoms. The lowest BCUT2D eigenvalue weighted by Gasteiger charge is -2.23. The van der Waals surface area contributed by atoms with Crippen LogP contribution in [0.2, 0.25) is 5.02 Å². The number of anilines is 1. The predicted molar refractivity (Wildman–Crippen MR) is 167 cm³/mol. The molecule has 9 nitrogen and oxygen atoms in total. The Balaban J connectivity index is 1.57. The average Bonchev–Trinajstić information content (AvgIpc) is 3.47. The van der Waals surface area contributed by atoms with Gasteiger partial charge in [-0.1, -0.05) is 54.1 Å². The highest BCUT2D eigenvalue weighted by atomic mass is 35.5. The molecule has 0 aliphatic rings. The van der Waals surface area contributed by atoms with Crippen LogP contribution in [-0.4, -0.2) is 42.6 Å². The van der Waals surface area contributed by atoms with Crippen LogP contribution >= 0.6 is 11.6 Å². The summed E-state index contributed by atoms with van der Waals surface area (Å²) in [5.74, 6) is 0.724. The quantitative estimate of drug-likeness (QED) is 0.161. The van der Waals surface area contributed by atoms with Gasteiger partial charge in [0, 0.05) is 35.4 Å². The normalized spacial score (nSPS) is 11.7. The lowest BCUT2D eigenvalue weighted by molar-refractivity contribution is -0.115. The molecule has 0 aliphatic heterocycles. The van der Waals surface area contributed by atoms with Crippen LogP contribution in [0.25, 0.3) is 10.9 Å². The Hall–Kier alpha value is -4.52. The van der Waals surface area contributed by atoms with E-state index in [0.29, 0.717) is 37.9 Å². The number of aromatic nitrogens is 2. The molecular weight excluding hydrogens is 626 g/mol. The van der Waals surface area contributed by atoms with Crippen molar-refractivity contribution < 1.29 is 31.5 Å². The number of amides is 1. The molecule has 1 N–H and O–H groups in total. The van der Waals surface area contributed by atoms with Gasteiger partial charge in [0.1, 0.15) is 11.5 Å². The lowest BCUT2D eigenvalue weighted by atomic mass is 10.1. The summed E-state index contributed by atoms with van der Waals surface area (Å²) in [4.78, 5) is 12.7. The summed E-state index contributed by atoms with van der Waals surface area (Å²) in [6, 6.07) is 23.3. The lowest BCUT2D eigenvalue weighted by Crippen LogP contribution is -2.30. The number of hydrogen-bond donors (Lipinski definition) is 1. The minimum atomic E-state index is -4.39. The van der Waals surface area contributed by atoms with Crippen molar-refractivity contribution in [1.29, 1.82) is 0 Å². The van der Waals surface area contributed by atoms with Crippen molar-refractivity contribution >= 4 is 44.1 Å². The van der Waals surface area contributed by atoms with E-state index in [1.807, 2.05) is 0 Å². The van der Waals surface area contributed by atoms with Gasteiger partial charge in [0.25, 0.3) is 0 Å². The molecule has 5 rings (SSSR count). The molecule has 1 amide bonds. The Morgan fingerprint density at radius 2 is 1.51 bits per heavy atom. The fourth-order valence-corrected chi connectivity index (χ4v) is 6.58. The average molecular weight is 655 g/mol. The van der Waals surface area contributed by atoms with E-state index in [-0.39, 0.29) is 41.0 Å². The molecule has 5 aromatic rings. The van der Waals surface area contributed by atoms with E-state index in [4.69, 9.17) is 21.1 Å². The van der Waals surface area contributed by atoms with Crippen molar-refractivity contribution in [3.05, 3.63) is 113 Å². The van der Waals surface area contributed by atoms with Gasteiger partial charge in [-0.15, -0.1) is 0 Å². The monoisotopic (exact) mass is 654 g/mol. The fourth-order valence-electron chi connectivity index (χ4n) is 4.75. The molecule has 0 fully saturated rings.